The van der Waals surface area contributed by atoms with E-state index in [0.29, 0.717) is 26.7 Å². The van der Waals surface area contributed by atoms with Crippen LogP contribution in [0.15, 0.2) is 63.5 Å². The van der Waals surface area contributed by atoms with Gasteiger partial charge in [0.15, 0.2) is 0 Å². The number of alkyl halides is 2. The number of sulfonamides is 1. The van der Waals surface area contributed by atoms with Gasteiger partial charge in [-0.05, 0) is 88.3 Å². The van der Waals surface area contributed by atoms with E-state index in [-0.39, 0.29) is 35.1 Å². The van der Waals surface area contributed by atoms with Crippen molar-refractivity contribution in [2.75, 3.05) is 17.6 Å². The average Bonchev–Trinajstić information content (AvgIpc) is 3.68. The maximum absolute atomic E-state index is 13.6. The summed E-state index contributed by atoms with van der Waals surface area (Å²) in [5.41, 5.74) is 2.50. The summed E-state index contributed by atoms with van der Waals surface area (Å²) >= 11 is 3.17. The predicted molar refractivity (Wildman–Crippen MR) is 149 cm³/mol. The minimum atomic E-state index is -3.87. The van der Waals surface area contributed by atoms with Crippen LogP contribution >= 0.6 is 15.9 Å². The molecule has 7 nitrogen and oxygen atoms in total. The Kier molecular flexibility index (Phi) is 7.58. The smallest absolute Gasteiger partial charge is 0.387 e. The number of nitrogens with one attached hydrogen (secondary N) is 1. The molecule has 1 fully saturated rings. The van der Waals surface area contributed by atoms with E-state index < -0.39 is 28.4 Å². The summed E-state index contributed by atoms with van der Waals surface area (Å²) < 4.78 is 77.8. The molecule has 1 N–H and O–H groups in total. The predicted octanol–water partition coefficient (Wildman–Crippen LogP) is 6.81. The monoisotopic (exact) mass is 636 g/mol. The zero-order valence-corrected chi connectivity index (χ0v) is 23.8. The number of hydrogen-bond acceptors (Lipinski definition) is 5. The first kappa shape index (κ1) is 28.0. The fourth-order valence-corrected chi connectivity index (χ4v) is 5.86. The van der Waals surface area contributed by atoms with Gasteiger partial charge >= 0.3 is 6.61 Å². The second-order valence-electron chi connectivity index (χ2n) is 9.49. The Hall–Kier alpha value is -3.51. The molecule has 1 amide bonds. The molecule has 1 heterocycles. The van der Waals surface area contributed by atoms with Crippen LogP contribution < -0.4 is 14.4 Å². The van der Waals surface area contributed by atoms with Gasteiger partial charge in [0.05, 0.1) is 28.5 Å². The van der Waals surface area contributed by atoms with E-state index in [4.69, 9.17) is 4.42 Å². The number of carbonyl (C=O) groups excluding carboxylic acids is 1. The summed E-state index contributed by atoms with van der Waals surface area (Å²) in [6.45, 7) is -3.21. The van der Waals surface area contributed by atoms with Gasteiger partial charge in [-0.3, -0.25) is 9.10 Å². The number of benzene rings is 3. The third-order valence-corrected chi connectivity index (χ3v) is 8.40. The van der Waals surface area contributed by atoms with Crippen molar-refractivity contribution in [3.63, 3.8) is 0 Å². The zero-order chi connectivity index (χ0) is 28.8. The third kappa shape index (κ3) is 5.68. The molecule has 0 atom stereocenters. The van der Waals surface area contributed by atoms with Crippen LogP contribution in [0.2, 0.25) is 0 Å². The maximum Gasteiger partial charge on any atom is 0.387 e. The van der Waals surface area contributed by atoms with E-state index in [1.165, 1.54) is 47.8 Å². The molecule has 0 bridgehead atoms. The molecular formula is C28H24BrF3N2O5S. The van der Waals surface area contributed by atoms with Crippen LogP contribution in [0.4, 0.5) is 18.9 Å². The highest BCUT2D eigenvalue weighted by Gasteiger charge is 2.33. The van der Waals surface area contributed by atoms with Crippen molar-refractivity contribution in [2.45, 2.75) is 31.9 Å². The summed E-state index contributed by atoms with van der Waals surface area (Å²) in [4.78, 5) is 13.0. The number of fused-ring (bicyclic) bond motifs is 1. The molecule has 4 aromatic rings. The van der Waals surface area contributed by atoms with E-state index in [9.17, 15) is 26.4 Å². The van der Waals surface area contributed by atoms with Crippen LogP contribution in [0.25, 0.3) is 22.3 Å². The van der Waals surface area contributed by atoms with E-state index in [1.54, 1.807) is 18.2 Å². The molecule has 40 heavy (non-hydrogen) atoms. The molecule has 5 rings (SSSR count). The summed E-state index contributed by atoms with van der Waals surface area (Å²) in [6.07, 6.45) is 2.73. The summed E-state index contributed by atoms with van der Waals surface area (Å²) in [6, 6.07) is 13.3. The molecule has 0 saturated heterocycles. The highest BCUT2D eigenvalue weighted by Crippen LogP contribution is 2.48. The van der Waals surface area contributed by atoms with Gasteiger partial charge in [-0.2, -0.15) is 8.78 Å². The molecule has 0 spiro atoms. The Labute approximate surface area is 237 Å². The van der Waals surface area contributed by atoms with Gasteiger partial charge in [0.25, 0.3) is 5.91 Å². The lowest BCUT2D eigenvalue weighted by atomic mass is 10.00. The standard InChI is InChI=1S/C28H24BrF3N2O5S/c1-33-27(35)25-20-12-19(16-4-5-16)22(13-23(20)38-26(25)17-6-8-18(30)9-7-17)34(40(2,36)37)14-15-3-10-21(29)24(11-15)39-28(31)32/h3,6-13,16,28H,4-5,14H2,1-2H3,(H,33,35). The van der Waals surface area contributed by atoms with Crippen LogP contribution in [0, 0.1) is 5.82 Å². The Morgan fingerprint density at radius 2 is 1.85 bits per heavy atom. The number of hydrogen-bond donors (Lipinski definition) is 1. The van der Waals surface area contributed by atoms with Crippen molar-refractivity contribution < 1.29 is 35.5 Å². The Morgan fingerprint density at radius 3 is 2.45 bits per heavy atom. The molecule has 210 valence electrons. The van der Waals surface area contributed by atoms with Gasteiger partial charge in [0, 0.05) is 24.1 Å². The molecule has 1 aromatic heterocycles. The lowest BCUT2D eigenvalue weighted by Crippen LogP contribution is -2.30. The SMILES string of the molecule is CNC(=O)c1c(-c2ccc(F)cc2)oc2cc(N(Cc3ccc(Br)c(OC(F)F)c3)S(C)(=O)=O)c(C3CC3)cc12. The van der Waals surface area contributed by atoms with Gasteiger partial charge < -0.3 is 14.5 Å². The number of anilines is 1. The first-order chi connectivity index (χ1) is 19.0. The molecule has 1 aliphatic carbocycles. The molecule has 1 aliphatic rings. The minimum absolute atomic E-state index is 0.0630. The third-order valence-electron chi connectivity index (χ3n) is 6.62. The van der Waals surface area contributed by atoms with E-state index in [2.05, 4.69) is 26.0 Å². The number of amides is 1. The minimum Gasteiger partial charge on any atom is -0.455 e. The van der Waals surface area contributed by atoms with Gasteiger partial charge in [0.2, 0.25) is 10.0 Å². The number of carbonyl (C=O) groups is 1. The molecule has 3 aromatic carbocycles. The summed E-state index contributed by atoms with van der Waals surface area (Å²) in [7, 11) is -2.38. The number of rotatable bonds is 9. The normalized spacial score (nSPS) is 13.6. The van der Waals surface area contributed by atoms with Crippen LogP contribution in [0.5, 0.6) is 5.75 Å². The highest BCUT2D eigenvalue weighted by molar-refractivity contribution is 9.10. The number of ether oxygens (including phenoxy) is 1. The average molecular weight is 637 g/mol. The molecular weight excluding hydrogens is 613 g/mol. The van der Waals surface area contributed by atoms with Crippen LogP contribution in [-0.4, -0.2) is 34.2 Å². The first-order valence-electron chi connectivity index (χ1n) is 12.3. The fraction of sp³-hybridized carbons (Fsp3) is 0.250. The van der Waals surface area contributed by atoms with E-state index in [1.807, 2.05) is 0 Å². The Balaban J connectivity index is 1.68. The lowest BCUT2D eigenvalue weighted by Gasteiger charge is -2.25. The largest absolute Gasteiger partial charge is 0.455 e. The van der Waals surface area contributed by atoms with Gasteiger partial charge in [-0.15, -0.1) is 0 Å². The number of halogens is 4. The summed E-state index contributed by atoms with van der Waals surface area (Å²) in [5, 5.41) is 3.11. The molecule has 1 saturated carbocycles. The second-order valence-corrected chi connectivity index (χ2v) is 12.2. The van der Waals surface area contributed by atoms with Gasteiger partial charge in [-0.25, -0.2) is 12.8 Å². The topological polar surface area (TPSA) is 88.8 Å². The van der Waals surface area contributed by atoms with Gasteiger partial charge in [-0.1, -0.05) is 6.07 Å². The second kappa shape index (κ2) is 10.8. The maximum atomic E-state index is 13.6. The molecule has 0 radical (unpaired) electrons. The van der Waals surface area contributed by atoms with Crippen molar-refractivity contribution in [1.82, 2.24) is 5.32 Å². The molecule has 12 heteroatoms. The van der Waals surface area contributed by atoms with Gasteiger partial charge in [0.1, 0.15) is 22.9 Å². The van der Waals surface area contributed by atoms with Crippen molar-refractivity contribution >= 4 is 48.5 Å². The van der Waals surface area contributed by atoms with Crippen LogP contribution in [0.1, 0.15) is 40.2 Å². The number of furan rings is 1. The van der Waals surface area contributed by atoms with Crippen molar-refractivity contribution in [3.8, 4) is 17.1 Å². The molecule has 0 aliphatic heterocycles. The number of nitrogens with zero attached hydrogens (tertiary/aromatic N) is 1. The van der Waals surface area contributed by atoms with Crippen molar-refractivity contribution in [2.24, 2.45) is 0 Å². The fourth-order valence-electron chi connectivity index (χ4n) is 4.62. The lowest BCUT2D eigenvalue weighted by molar-refractivity contribution is -0.0503. The highest BCUT2D eigenvalue weighted by atomic mass is 79.9. The van der Waals surface area contributed by atoms with Crippen molar-refractivity contribution in [1.29, 1.82) is 0 Å². The van der Waals surface area contributed by atoms with Crippen LogP contribution in [0.3, 0.4) is 0 Å². The summed E-state index contributed by atoms with van der Waals surface area (Å²) in [5.74, 6) is -0.690. The Bertz CT molecular complexity index is 1700. The van der Waals surface area contributed by atoms with Crippen molar-refractivity contribution in [3.05, 3.63) is 81.6 Å². The quantitative estimate of drug-likeness (QED) is 0.218. The van der Waals surface area contributed by atoms with E-state index in [0.717, 1.165) is 24.7 Å². The molecule has 0 unspecified atom stereocenters. The first-order valence-corrected chi connectivity index (χ1v) is 14.9. The van der Waals surface area contributed by atoms with E-state index >= 15 is 0 Å². The Morgan fingerprint density at radius 1 is 1.15 bits per heavy atom. The zero-order valence-electron chi connectivity index (χ0n) is 21.4. The van der Waals surface area contributed by atoms with Crippen LogP contribution in [-0.2, 0) is 16.6 Å².